The van der Waals surface area contributed by atoms with Gasteiger partial charge in [0.1, 0.15) is 23.2 Å². The van der Waals surface area contributed by atoms with E-state index >= 15 is 4.39 Å². The van der Waals surface area contributed by atoms with Crippen LogP contribution in [-0.4, -0.2) is 11.1 Å². The topological polar surface area (TPSA) is 74.4 Å². The molecule has 0 spiro atoms. The molecule has 1 unspecified atom stereocenters. The Balaban J connectivity index is 1.87. The molecular formula is C22H14Cl2F2N2O3S. The van der Waals surface area contributed by atoms with Gasteiger partial charge in [-0.15, -0.1) is 0 Å². The van der Waals surface area contributed by atoms with Crippen molar-refractivity contribution in [2.45, 2.75) is 13.0 Å². The lowest BCUT2D eigenvalue weighted by molar-refractivity contribution is 0.210. The zero-order valence-electron chi connectivity index (χ0n) is 16.4. The summed E-state index contributed by atoms with van der Waals surface area (Å²) < 4.78 is 40.8. The number of aromatic nitrogens is 1. The van der Waals surface area contributed by atoms with Gasteiger partial charge in [0.15, 0.2) is 5.82 Å². The SMILES string of the molecule is CC(Oc1cc2sc(OC(N)=O)nc2c(F)c1-c1ccccc1)c1c(Cl)ccc(F)c1Cl. The molecule has 0 fully saturated rings. The highest BCUT2D eigenvalue weighted by Crippen LogP contribution is 2.43. The van der Waals surface area contributed by atoms with Crippen LogP contribution in [0.2, 0.25) is 10.0 Å². The van der Waals surface area contributed by atoms with Crippen molar-refractivity contribution in [1.29, 1.82) is 0 Å². The molecule has 1 heterocycles. The van der Waals surface area contributed by atoms with Gasteiger partial charge in [-0.2, -0.15) is 4.98 Å². The molecule has 3 aromatic carbocycles. The van der Waals surface area contributed by atoms with Crippen molar-refractivity contribution >= 4 is 50.8 Å². The molecule has 5 nitrogen and oxygen atoms in total. The molecule has 0 aliphatic carbocycles. The number of primary amides is 1. The molecule has 1 atom stereocenters. The van der Waals surface area contributed by atoms with Gasteiger partial charge in [-0.1, -0.05) is 64.9 Å². The van der Waals surface area contributed by atoms with Gasteiger partial charge < -0.3 is 15.2 Å². The minimum absolute atomic E-state index is 0.00748. The molecule has 164 valence electrons. The van der Waals surface area contributed by atoms with Crippen LogP contribution in [0.25, 0.3) is 21.3 Å². The smallest absolute Gasteiger partial charge is 0.411 e. The Morgan fingerprint density at radius 1 is 1.16 bits per heavy atom. The Kier molecular flexibility index (Phi) is 6.19. The molecule has 1 amide bonds. The molecule has 0 aliphatic heterocycles. The maximum Gasteiger partial charge on any atom is 0.411 e. The highest BCUT2D eigenvalue weighted by molar-refractivity contribution is 7.20. The number of ether oxygens (including phenoxy) is 2. The number of nitrogens with two attached hydrogens (primary N) is 1. The first-order valence-corrected chi connectivity index (χ1v) is 10.8. The Morgan fingerprint density at radius 2 is 1.88 bits per heavy atom. The van der Waals surface area contributed by atoms with E-state index in [1.807, 2.05) is 0 Å². The Morgan fingerprint density at radius 3 is 2.56 bits per heavy atom. The third kappa shape index (κ3) is 4.21. The van der Waals surface area contributed by atoms with Crippen LogP contribution in [-0.2, 0) is 0 Å². The van der Waals surface area contributed by atoms with Crippen LogP contribution in [0.3, 0.4) is 0 Å². The molecule has 32 heavy (non-hydrogen) atoms. The number of fused-ring (bicyclic) bond motifs is 1. The predicted molar refractivity (Wildman–Crippen MR) is 121 cm³/mol. The minimum atomic E-state index is -1.06. The average Bonchev–Trinajstić information content (AvgIpc) is 3.14. The van der Waals surface area contributed by atoms with Crippen LogP contribution < -0.4 is 15.2 Å². The maximum absolute atomic E-state index is 15.6. The summed E-state index contributed by atoms with van der Waals surface area (Å²) in [6.07, 6.45) is -1.88. The summed E-state index contributed by atoms with van der Waals surface area (Å²) in [6, 6.07) is 12.8. The van der Waals surface area contributed by atoms with Crippen molar-refractivity contribution in [3.8, 4) is 22.1 Å². The number of rotatable bonds is 5. The van der Waals surface area contributed by atoms with Gasteiger partial charge in [-0.25, -0.2) is 13.6 Å². The van der Waals surface area contributed by atoms with E-state index in [1.165, 1.54) is 6.07 Å². The summed E-state index contributed by atoms with van der Waals surface area (Å²) in [6.45, 7) is 1.62. The second kappa shape index (κ2) is 8.90. The molecule has 0 aliphatic rings. The number of hydrogen-bond acceptors (Lipinski definition) is 5. The third-order valence-electron chi connectivity index (χ3n) is 4.61. The fourth-order valence-electron chi connectivity index (χ4n) is 3.25. The van der Waals surface area contributed by atoms with Gasteiger partial charge in [0, 0.05) is 16.7 Å². The van der Waals surface area contributed by atoms with E-state index in [1.54, 1.807) is 43.3 Å². The number of amides is 1. The van der Waals surface area contributed by atoms with Gasteiger partial charge in [0.25, 0.3) is 5.19 Å². The lowest BCUT2D eigenvalue weighted by atomic mass is 10.0. The third-order valence-corrected chi connectivity index (χ3v) is 6.20. The number of benzene rings is 3. The number of carbonyl (C=O) groups is 1. The first-order chi connectivity index (χ1) is 15.3. The predicted octanol–water partition coefficient (Wildman–Crippen LogP) is 7.15. The molecule has 0 saturated carbocycles. The van der Waals surface area contributed by atoms with Crippen LogP contribution in [0, 0.1) is 11.6 Å². The average molecular weight is 495 g/mol. The fourth-order valence-corrected chi connectivity index (χ4v) is 4.77. The molecule has 4 rings (SSSR count). The zero-order valence-corrected chi connectivity index (χ0v) is 18.7. The Hall–Kier alpha value is -2.94. The van der Waals surface area contributed by atoms with Gasteiger partial charge in [0.2, 0.25) is 0 Å². The van der Waals surface area contributed by atoms with Gasteiger partial charge in [-0.3, -0.25) is 0 Å². The number of nitrogens with zero attached hydrogens (tertiary/aromatic N) is 1. The van der Waals surface area contributed by atoms with Crippen LogP contribution in [0.15, 0.2) is 48.5 Å². The van der Waals surface area contributed by atoms with E-state index in [0.717, 1.165) is 17.4 Å². The second-order valence-corrected chi connectivity index (χ2v) is 8.47. The van der Waals surface area contributed by atoms with Gasteiger partial charge >= 0.3 is 6.09 Å². The second-order valence-electron chi connectivity index (χ2n) is 6.69. The number of halogens is 4. The first kappa shape index (κ1) is 22.3. The summed E-state index contributed by atoms with van der Waals surface area (Å²) in [5.74, 6) is -1.18. The molecule has 0 saturated heterocycles. The largest absolute Gasteiger partial charge is 0.485 e. The molecular weight excluding hydrogens is 481 g/mol. The van der Waals surface area contributed by atoms with Crippen molar-refractivity contribution in [3.63, 3.8) is 0 Å². The van der Waals surface area contributed by atoms with Crippen LogP contribution in [0.4, 0.5) is 13.6 Å². The highest BCUT2D eigenvalue weighted by Gasteiger charge is 2.24. The molecule has 4 aromatic rings. The number of carbonyl (C=O) groups excluding carboxylic acids is 1. The van der Waals surface area contributed by atoms with E-state index in [9.17, 15) is 9.18 Å². The summed E-state index contributed by atoms with van der Waals surface area (Å²) in [5.41, 5.74) is 5.91. The number of hydrogen-bond donors (Lipinski definition) is 1. The van der Waals surface area contributed by atoms with Crippen LogP contribution in [0.5, 0.6) is 10.9 Å². The lowest BCUT2D eigenvalue weighted by Crippen LogP contribution is -2.15. The van der Waals surface area contributed by atoms with Crippen molar-refractivity contribution in [1.82, 2.24) is 4.98 Å². The Bertz CT molecular complexity index is 1330. The van der Waals surface area contributed by atoms with Crippen molar-refractivity contribution in [2.24, 2.45) is 5.73 Å². The Labute approximate surface area is 195 Å². The van der Waals surface area contributed by atoms with Gasteiger partial charge in [0.05, 0.1) is 15.3 Å². The van der Waals surface area contributed by atoms with Crippen molar-refractivity contribution in [2.75, 3.05) is 0 Å². The zero-order chi connectivity index (χ0) is 23.0. The molecule has 1 aromatic heterocycles. The molecule has 0 bridgehead atoms. The van der Waals surface area contributed by atoms with Crippen LogP contribution in [0.1, 0.15) is 18.6 Å². The summed E-state index contributed by atoms with van der Waals surface area (Å²) in [4.78, 5) is 15.1. The minimum Gasteiger partial charge on any atom is -0.485 e. The van der Waals surface area contributed by atoms with Crippen LogP contribution >= 0.6 is 34.5 Å². The summed E-state index contributed by atoms with van der Waals surface area (Å²) in [7, 11) is 0. The molecule has 0 radical (unpaired) electrons. The lowest BCUT2D eigenvalue weighted by Gasteiger charge is -2.20. The molecule has 10 heteroatoms. The quantitative estimate of drug-likeness (QED) is 0.299. The standard InChI is InChI=1S/C22H14Cl2F2N2O3S/c1-10(16-12(23)7-8-13(25)18(16)24)30-14-9-15-20(28-22(32-15)31-21(27)29)19(26)17(14)11-5-3-2-4-6-11/h2-10H,1H3,(H2,27,29). The highest BCUT2D eigenvalue weighted by atomic mass is 35.5. The summed E-state index contributed by atoms with van der Waals surface area (Å²) >= 11 is 13.3. The van der Waals surface area contributed by atoms with Crippen molar-refractivity contribution < 1.29 is 23.0 Å². The van der Waals surface area contributed by atoms with Crippen molar-refractivity contribution in [3.05, 3.63) is 75.8 Å². The van der Waals surface area contributed by atoms with Gasteiger partial charge in [-0.05, 0) is 24.6 Å². The van der Waals surface area contributed by atoms with E-state index in [0.29, 0.717) is 10.3 Å². The van der Waals surface area contributed by atoms with E-state index < -0.39 is 23.8 Å². The number of thiazole rings is 1. The first-order valence-electron chi connectivity index (χ1n) is 9.22. The van der Waals surface area contributed by atoms with E-state index in [4.69, 9.17) is 38.4 Å². The summed E-state index contributed by atoms with van der Waals surface area (Å²) in [5, 5.41) is -0.0729. The molecule has 2 N–H and O–H groups in total. The monoisotopic (exact) mass is 494 g/mol. The van der Waals surface area contributed by atoms with E-state index in [2.05, 4.69) is 4.98 Å². The fraction of sp³-hybridized carbons (Fsp3) is 0.0909. The normalized spacial score (nSPS) is 12.0. The maximum atomic E-state index is 15.6. The van der Waals surface area contributed by atoms with E-state index in [-0.39, 0.29) is 37.6 Å².